The lowest BCUT2D eigenvalue weighted by atomic mass is 10.1. The molecule has 1 aromatic heterocycles. The number of nitrogens with zero attached hydrogens (tertiary/aromatic N) is 1. The minimum atomic E-state index is -1.17. The molecule has 27 heavy (non-hydrogen) atoms. The number of halogens is 2. The van der Waals surface area contributed by atoms with Gasteiger partial charge < -0.3 is 19.7 Å². The summed E-state index contributed by atoms with van der Waals surface area (Å²) in [5.41, 5.74) is 1.21. The van der Waals surface area contributed by atoms with Gasteiger partial charge in [-0.3, -0.25) is 9.59 Å². The van der Waals surface area contributed by atoms with Gasteiger partial charge in [0.1, 0.15) is 11.6 Å². The number of anilines is 1. The number of fused-ring (bicyclic) bond motifs is 1. The van der Waals surface area contributed by atoms with Crippen LogP contribution in [0.4, 0.5) is 10.1 Å². The topological polar surface area (TPSA) is 80.6 Å². The lowest BCUT2D eigenvalue weighted by Crippen LogP contribution is -2.13. The van der Waals surface area contributed by atoms with Gasteiger partial charge in [0.15, 0.2) is 0 Å². The van der Waals surface area contributed by atoms with Crippen LogP contribution < -0.4 is 10.1 Å². The van der Waals surface area contributed by atoms with Gasteiger partial charge in [-0.1, -0.05) is 11.6 Å². The molecule has 0 aliphatic carbocycles. The van der Waals surface area contributed by atoms with Crippen molar-refractivity contribution < 1.29 is 23.8 Å². The fraction of sp³-hybridized carbons (Fsp3) is 0.158. The van der Waals surface area contributed by atoms with E-state index in [1.54, 1.807) is 29.9 Å². The van der Waals surface area contributed by atoms with Crippen molar-refractivity contribution in [2.24, 2.45) is 7.05 Å². The molecule has 2 aromatic carbocycles. The molecule has 3 aromatic rings. The Morgan fingerprint density at radius 1 is 1.30 bits per heavy atom. The first-order valence-electron chi connectivity index (χ1n) is 7.94. The second-order valence-electron chi connectivity index (χ2n) is 5.98. The van der Waals surface area contributed by atoms with E-state index in [0.29, 0.717) is 16.7 Å². The first kappa shape index (κ1) is 18.7. The van der Waals surface area contributed by atoms with Crippen LogP contribution in [-0.2, 0) is 18.3 Å². The normalized spacial score (nSPS) is 10.8. The first-order chi connectivity index (χ1) is 12.8. The van der Waals surface area contributed by atoms with Crippen molar-refractivity contribution in [2.45, 2.75) is 6.42 Å². The van der Waals surface area contributed by atoms with Crippen molar-refractivity contribution in [2.75, 3.05) is 12.4 Å². The minimum Gasteiger partial charge on any atom is -0.497 e. The summed E-state index contributed by atoms with van der Waals surface area (Å²) in [5.74, 6) is -1.80. The molecule has 0 bridgehead atoms. The number of carboxylic acids is 1. The number of hydrogen-bond donors (Lipinski definition) is 2. The smallest absolute Gasteiger partial charge is 0.307 e. The van der Waals surface area contributed by atoms with E-state index < -0.39 is 24.1 Å². The Morgan fingerprint density at radius 2 is 2.04 bits per heavy atom. The van der Waals surface area contributed by atoms with Crippen LogP contribution in [0.25, 0.3) is 10.9 Å². The highest BCUT2D eigenvalue weighted by atomic mass is 35.5. The van der Waals surface area contributed by atoms with E-state index in [2.05, 4.69) is 5.32 Å². The van der Waals surface area contributed by atoms with Gasteiger partial charge in [-0.2, -0.15) is 0 Å². The summed E-state index contributed by atoms with van der Waals surface area (Å²) >= 11 is 6.09. The Labute approximate surface area is 159 Å². The summed E-state index contributed by atoms with van der Waals surface area (Å²) < 4.78 is 21.1. The summed E-state index contributed by atoms with van der Waals surface area (Å²) in [7, 11) is 3.34. The highest BCUT2D eigenvalue weighted by molar-refractivity contribution is 6.34. The molecule has 0 fully saturated rings. The molecule has 0 aliphatic heterocycles. The van der Waals surface area contributed by atoms with E-state index in [1.165, 1.54) is 13.2 Å². The standard InChI is InChI=1S/C19H16ClFN2O4/c1-23-9-13(12-7-11(27-2)3-4-17(12)23)19(26)22-16-8-15(21)10(5-14(16)20)6-18(24)25/h3-5,7-9H,6H2,1-2H3,(H,22,26)(H,24,25). The van der Waals surface area contributed by atoms with Gasteiger partial charge in [-0.25, -0.2) is 4.39 Å². The number of amides is 1. The van der Waals surface area contributed by atoms with Crippen LogP contribution in [0.1, 0.15) is 15.9 Å². The Balaban J connectivity index is 1.95. The molecule has 3 rings (SSSR count). The second-order valence-corrected chi connectivity index (χ2v) is 6.39. The fourth-order valence-electron chi connectivity index (χ4n) is 2.85. The van der Waals surface area contributed by atoms with Crippen molar-refractivity contribution in [1.82, 2.24) is 4.57 Å². The minimum absolute atomic E-state index is 0.0545. The third-order valence-corrected chi connectivity index (χ3v) is 4.48. The summed E-state index contributed by atoms with van der Waals surface area (Å²) in [4.78, 5) is 23.5. The number of aliphatic carboxylic acids is 1. The largest absolute Gasteiger partial charge is 0.497 e. The van der Waals surface area contributed by atoms with Gasteiger partial charge in [0.25, 0.3) is 5.91 Å². The molecule has 1 amide bonds. The van der Waals surface area contributed by atoms with E-state index in [0.717, 1.165) is 11.6 Å². The van der Waals surface area contributed by atoms with E-state index in [9.17, 15) is 14.0 Å². The van der Waals surface area contributed by atoms with Gasteiger partial charge in [-0.05, 0) is 30.3 Å². The number of methoxy groups -OCH3 is 1. The maximum absolute atomic E-state index is 14.1. The Morgan fingerprint density at radius 3 is 2.70 bits per heavy atom. The molecule has 0 unspecified atom stereocenters. The molecule has 6 nitrogen and oxygen atoms in total. The molecule has 0 saturated heterocycles. The van der Waals surface area contributed by atoms with Gasteiger partial charge in [0.05, 0.1) is 29.8 Å². The van der Waals surface area contributed by atoms with E-state index in [4.69, 9.17) is 21.4 Å². The molecule has 2 N–H and O–H groups in total. The molecule has 1 heterocycles. The molecule has 0 aliphatic rings. The van der Waals surface area contributed by atoms with Crippen LogP contribution in [0.2, 0.25) is 5.02 Å². The van der Waals surface area contributed by atoms with Crippen LogP contribution in [0, 0.1) is 5.82 Å². The van der Waals surface area contributed by atoms with Crippen molar-refractivity contribution >= 4 is 40.1 Å². The van der Waals surface area contributed by atoms with Crippen LogP contribution in [0.3, 0.4) is 0 Å². The lowest BCUT2D eigenvalue weighted by molar-refractivity contribution is -0.136. The number of aryl methyl sites for hydroxylation is 1. The zero-order valence-electron chi connectivity index (χ0n) is 14.5. The Bertz CT molecular complexity index is 1060. The van der Waals surface area contributed by atoms with E-state index >= 15 is 0 Å². The number of carbonyl (C=O) groups excluding carboxylic acids is 1. The van der Waals surface area contributed by atoms with Crippen LogP contribution in [0.15, 0.2) is 36.5 Å². The van der Waals surface area contributed by atoms with Crippen LogP contribution in [0.5, 0.6) is 5.75 Å². The number of aromatic nitrogens is 1. The van der Waals surface area contributed by atoms with Crippen molar-refractivity contribution in [3.63, 3.8) is 0 Å². The average Bonchev–Trinajstić information content (AvgIpc) is 2.95. The van der Waals surface area contributed by atoms with Crippen LogP contribution in [-0.4, -0.2) is 28.7 Å². The molecule has 0 radical (unpaired) electrons. The molecule has 0 spiro atoms. The quantitative estimate of drug-likeness (QED) is 0.693. The van der Waals surface area contributed by atoms with E-state index in [-0.39, 0.29) is 16.3 Å². The molecular weight excluding hydrogens is 375 g/mol. The lowest BCUT2D eigenvalue weighted by Gasteiger charge is -2.09. The number of ether oxygens (including phenoxy) is 1. The van der Waals surface area contributed by atoms with Crippen molar-refractivity contribution in [3.05, 3.63) is 58.5 Å². The van der Waals surface area contributed by atoms with Crippen molar-refractivity contribution in [1.29, 1.82) is 0 Å². The second kappa shape index (κ2) is 7.28. The van der Waals surface area contributed by atoms with Gasteiger partial charge in [-0.15, -0.1) is 0 Å². The zero-order chi connectivity index (χ0) is 19.7. The fourth-order valence-corrected chi connectivity index (χ4v) is 3.08. The monoisotopic (exact) mass is 390 g/mol. The number of benzene rings is 2. The molecule has 0 saturated carbocycles. The number of nitrogens with one attached hydrogen (secondary N) is 1. The van der Waals surface area contributed by atoms with Gasteiger partial charge >= 0.3 is 5.97 Å². The molecule has 8 heteroatoms. The summed E-state index contributed by atoms with van der Waals surface area (Å²) in [6.45, 7) is 0. The number of rotatable bonds is 5. The van der Waals surface area contributed by atoms with Gasteiger partial charge in [0.2, 0.25) is 0 Å². The summed E-state index contributed by atoms with van der Waals surface area (Å²) in [6.07, 6.45) is 1.16. The first-order valence-corrected chi connectivity index (χ1v) is 8.32. The third-order valence-electron chi connectivity index (χ3n) is 4.17. The number of hydrogen-bond acceptors (Lipinski definition) is 3. The van der Waals surface area contributed by atoms with E-state index in [1.807, 2.05) is 6.07 Å². The number of carbonyl (C=O) groups is 2. The predicted octanol–water partition coefficient (Wildman–Crippen LogP) is 3.86. The molecule has 140 valence electrons. The highest BCUT2D eigenvalue weighted by Gasteiger charge is 2.18. The highest BCUT2D eigenvalue weighted by Crippen LogP contribution is 2.29. The number of carboxylic acid groups (broad SMARTS) is 1. The SMILES string of the molecule is COc1ccc2c(c1)c(C(=O)Nc1cc(F)c(CC(=O)O)cc1Cl)cn2C. The molecular formula is C19H16ClFN2O4. The Kier molecular flexibility index (Phi) is 5.05. The maximum atomic E-state index is 14.1. The summed E-state index contributed by atoms with van der Waals surface area (Å²) in [5, 5.41) is 12.1. The Hall–Kier alpha value is -3.06. The van der Waals surface area contributed by atoms with Crippen LogP contribution >= 0.6 is 11.6 Å². The van der Waals surface area contributed by atoms with Gasteiger partial charge in [0, 0.05) is 29.7 Å². The molecule has 0 atom stereocenters. The third kappa shape index (κ3) is 3.73. The maximum Gasteiger partial charge on any atom is 0.307 e. The zero-order valence-corrected chi connectivity index (χ0v) is 15.3. The van der Waals surface area contributed by atoms with Crippen molar-refractivity contribution in [3.8, 4) is 5.75 Å². The predicted molar refractivity (Wildman–Crippen MR) is 100 cm³/mol. The average molecular weight is 391 g/mol. The summed E-state index contributed by atoms with van der Waals surface area (Å²) in [6, 6.07) is 7.58.